The number of rotatable bonds is 1. The molecule has 4 atom stereocenters. The Labute approximate surface area is 120 Å². The van der Waals surface area contributed by atoms with Gasteiger partial charge in [-0.1, -0.05) is 31.0 Å². The van der Waals surface area contributed by atoms with Crippen LogP contribution in [0.3, 0.4) is 0 Å². The molecule has 0 aromatic heterocycles. The molecule has 1 N–H and O–H groups in total. The zero-order valence-corrected chi connectivity index (χ0v) is 11.9. The van der Waals surface area contributed by atoms with Gasteiger partial charge in [0.15, 0.2) is 0 Å². The fourth-order valence-electron chi connectivity index (χ4n) is 4.46. The summed E-state index contributed by atoms with van der Waals surface area (Å²) in [7, 11) is 0. The minimum atomic E-state index is -0.402. The summed E-state index contributed by atoms with van der Waals surface area (Å²) in [4.78, 5) is 2.55. The molecule has 3 heteroatoms. The van der Waals surface area contributed by atoms with E-state index in [0.29, 0.717) is 12.6 Å². The Hall–Kier alpha value is -1.06. The maximum atomic E-state index is 10.8. The average molecular weight is 273 g/mol. The quantitative estimate of drug-likeness (QED) is 0.854. The molecule has 0 amide bonds. The lowest BCUT2D eigenvalue weighted by Gasteiger charge is -2.41. The third kappa shape index (κ3) is 1.95. The van der Waals surface area contributed by atoms with Gasteiger partial charge >= 0.3 is 0 Å². The summed E-state index contributed by atoms with van der Waals surface area (Å²) in [5.74, 6) is 1.71. The molecule has 3 aliphatic rings. The van der Waals surface area contributed by atoms with Gasteiger partial charge in [0.05, 0.1) is 6.04 Å². The number of para-hydroxylation sites is 1. The Kier molecular flexibility index (Phi) is 3.20. The van der Waals surface area contributed by atoms with E-state index in [1.165, 1.54) is 32.1 Å². The van der Waals surface area contributed by atoms with Crippen molar-refractivity contribution in [3.05, 3.63) is 29.8 Å². The summed E-state index contributed by atoms with van der Waals surface area (Å²) in [5, 5.41) is 10.8. The third-order valence-electron chi connectivity index (χ3n) is 5.49. The second-order valence-corrected chi connectivity index (χ2v) is 6.50. The van der Waals surface area contributed by atoms with Gasteiger partial charge in [0, 0.05) is 11.6 Å². The molecule has 0 spiro atoms. The molecule has 2 heterocycles. The number of hydrogen-bond acceptors (Lipinski definition) is 3. The van der Waals surface area contributed by atoms with Crippen molar-refractivity contribution in [2.45, 2.75) is 50.3 Å². The van der Waals surface area contributed by atoms with E-state index in [1.54, 1.807) is 0 Å². The summed E-state index contributed by atoms with van der Waals surface area (Å²) in [6.07, 6.45) is 6.31. The van der Waals surface area contributed by atoms with Crippen LogP contribution in [0.5, 0.6) is 5.75 Å². The van der Waals surface area contributed by atoms with Crippen molar-refractivity contribution in [1.29, 1.82) is 0 Å². The SMILES string of the molecule is OC1c2ccccc2OCC1N1CCC2CCCCC21. The zero-order valence-electron chi connectivity index (χ0n) is 11.9. The topological polar surface area (TPSA) is 32.7 Å². The van der Waals surface area contributed by atoms with Gasteiger partial charge in [0.2, 0.25) is 0 Å². The van der Waals surface area contributed by atoms with Gasteiger partial charge in [-0.2, -0.15) is 0 Å². The lowest BCUT2D eigenvalue weighted by molar-refractivity contribution is -0.0114. The molecule has 2 aliphatic heterocycles. The molecular weight excluding hydrogens is 250 g/mol. The van der Waals surface area contributed by atoms with Gasteiger partial charge in [0.25, 0.3) is 0 Å². The number of ether oxygens (including phenoxy) is 1. The van der Waals surface area contributed by atoms with Crippen LogP contribution in [0, 0.1) is 5.92 Å². The van der Waals surface area contributed by atoms with E-state index in [2.05, 4.69) is 4.90 Å². The summed E-state index contributed by atoms with van der Waals surface area (Å²) < 4.78 is 5.90. The van der Waals surface area contributed by atoms with Crippen molar-refractivity contribution in [2.24, 2.45) is 5.92 Å². The first-order valence-electron chi connectivity index (χ1n) is 8.00. The molecule has 20 heavy (non-hydrogen) atoms. The van der Waals surface area contributed by atoms with Crippen LogP contribution < -0.4 is 4.74 Å². The van der Waals surface area contributed by atoms with Crippen molar-refractivity contribution in [1.82, 2.24) is 4.90 Å². The van der Waals surface area contributed by atoms with Crippen LogP contribution in [0.25, 0.3) is 0 Å². The van der Waals surface area contributed by atoms with E-state index in [0.717, 1.165) is 23.8 Å². The van der Waals surface area contributed by atoms with Crippen molar-refractivity contribution in [2.75, 3.05) is 13.2 Å². The fourth-order valence-corrected chi connectivity index (χ4v) is 4.46. The first-order chi connectivity index (χ1) is 9.84. The normalized spacial score (nSPS) is 37.0. The predicted octanol–water partition coefficient (Wildman–Crippen LogP) is 2.75. The number of likely N-dealkylation sites (tertiary alicyclic amines) is 1. The minimum absolute atomic E-state index is 0.137. The maximum Gasteiger partial charge on any atom is 0.125 e. The summed E-state index contributed by atoms with van der Waals surface area (Å²) in [5.41, 5.74) is 0.961. The Morgan fingerprint density at radius 2 is 1.90 bits per heavy atom. The molecular formula is C17H23NO2. The number of aliphatic hydroxyl groups is 1. The van der Waals surface area contributed by atoms with Crippen molar-refractivity contribution in [3.63, 3.8) is 0 Å². The first-order valence-corrected chi connectivity index (χ1v) is 8.00. The van der Waals surface area contributed by atoms with E-state index in [1.807, 2.05) is 24.3 Å². The molecule has 1 saturated carbocycles. The Bertz CT molecular complexity index is 490. The molecule has 3 nitrogen and oxygen atoms in total. The van der Waals surface area contributed by atoms with Gasteiger partial charge < -0.3 is 9.84 Å². The molecule has 108 valence electrons. The molecule has 0 bridgehead atoms. The fraction of sp³-hybridized carbons (Fsp3) is 0.647. The lowest BCUT2D eigenvalue weighted by atomic mass is 9.84. The highest BCUT2D eigenvalue weighted by Gasteiger charge is 2.43. The highest BCUT2D eigenvalue weighted by molar-refractivity contribution is 5.37. The Balaban J connectivity index is 1.58. The summed E-state index contributed by atoms with van der Waals surface area (Å²) >= 11 is 0. The van der Waals surface area contributed by atoms with E-state index >= 15 is 0 Å². The second-order valence-electron chi connectivity index (χ2n) is 6.50. The zero-order chi connectivity index (χ0) is 13.5. The Morgan fingerprint density at radius 3 is 2.85 bits per heavy atom. The average Bonchev–Trinajstić information content (AvgIpc) is 2.92. The first kappa shape index (κ1) is 12.7. The predicted molar refractivity (Wildman–Crippen MR) is 77.8 cm³/mol. The lowest BCUT2D eigenvalue weighted by Crippen LogP contribution is -2.49. The monoisotopic (exact) mass is 273 g/mol. The van der Waals surface area contributed by atoms with Crippen LogP contribution in [-0.4, -0.2) is 35.2 Å². The third-order valence-corrected chi connectivity index (χ3v) is 5.49. The van der Waals surface area contributed by atoms with E-state index in [9.17, 15) is 5.11 Å². The smallest absolute Gasteiger partial charge is 0.125 e. The van der Waals surface area contributed by atoms with Crippen LogP contribution in [0.2, 0.25) is 0 Å². The molecule has 4 unspecified atom stereocenters. The number of hydrogen-bond donors (Lipinski definition) is 1. The summed E-state index contributed by atoms with van der Waals surface area (Å²) in [6.45, 7) is 1.75. The molecule has 1 aliphatic carbocycles. The standard InChI is InChI=1S/C17H23NO2/c19-17-13-6-2-4-8-16(13)20-11-15(17)18-10-9-12-5-1-3-7-14(12)18/h2,4,6,8,12,14-15,17,19H,1,3,5,7,9-11H2. The molecule has 4 rings (SSSR count). The molecule has 2 fully saturated rings. The largest absolute Gasteiger partial charge is 0.491 e. The van der Waals surface area contributed by atoms with E-state index in [-0.39, 0.29) is 6.04 Å². The second kappa shape index (κ2) is 5.05. The van der Waals surface area contributed by atoms with E-state index in [4.69, 9.17) is 4.74 Å². The van der Waals surface area contributed by atoms with Crippen LogP contribution in [0.1, 0.15) is 43.8 Å². The highest BCUT2D eigenvalue weighted by Crippen LogP contribution is 2.42. The minimum Gasteiger partial charge on any atom is -0.491 e. The van der Waals surface area contributed by atoms with E-state index < -0.39 is 6.10 Å². The summed E-state index contributed by atoms with van der Waals surface area (Å²) in [6, 6.07) is 8.73. The number of nitrogens with zero attached hydrogens (tertiary/aromatic N) is 1. The Morgan fingerprint density at radius 1 is 1.05 bits per heavy atom. The maximum absolute atomic E-state index is 10.8. The van der Waals surface area contributed by atoms with Gasteiger partial charge in [0.1, 0.15) is 18.5 Å². The molecule has 1 aromatic rings. The van der Waals surface area contributed by atoms with Crippen molar-refractivity contribution in [3.8, 4) is 5.75 Å². The molecule has 0 radical (unpaired) electrons. The van der Waals surface area contributed by atoms with Crippen LogP contribution >= 0.6 is 0 Å². The van der Waals surface area contributed by atoms with Gasteiger partial charge in [-0.25, -0.2) is 0 Å². The van der Waals surface area contributed by atoms with Crippen molar-refractivity contribution < 1.29 is 9.84 Å². The van der Waals surface area contributed by atoms with Crippen LogP contribution in [0.4, 0.5) is 0 Å². The number of fused-ring (bicyclic) bond motifs is 2. The van der Waals surface area contributed by atoms with Crippen molar-refractivity contribution >= 4 is 0 Å². The molecule has 1 saturated heterocycles. The van der Waals surface area contributed by atoms with Crippen LogP contribution in [-0.2, 0) is 0 Å². The van der Waals surface area contributed by atoms with Gasteiger partial charge in [-0.3, -0.25) is 4.90 Å². The highest BCUT2D eigenvalue weighted by atomic mass is 16.5. The number of benzene rings is 1. The molecule has 1 aromatic carbocycles. The van der Waals surface area contributed by atoms with Crippen LogP contribution in [0.15, 0.2) is 24.3 Å². The number of aliphatic hydroxyl groups excluding tert-OH is 1. The van der Waals surface area contributed by atoms with Gasteiger partial charge in [-0.15, -0.1) is 0 Å². The van der Waals surface area contributed by atoms with Gasteiger partial charge in [-0.05, 0) is 37.8 Å².